The van der Waals surface area contributed by atoms with Crippen LogP contribution in [0, 0.1) is 5.92 Å². The lowest BCUT2D eigenvalue weighted by atomic mass is 10.0. The first kappa shape index (κ1) is 13.4. The largest absolute Gasteiger partial charge is 0.481 e. The SMILES string of the molecule is O=C(CO)OCCCC(C(=O)O)C(=O)O. The topological polar surface area (TPSA) is 121 Å². The van der Waals surface area contributed by atoms with Crippen molar-refractivity contribution in [2.45, 2.75) is 12.8 Å². The van der Waals surface area contributed by atoms with Gasteiger partial charge in [0.2, 0.25) is 0 Å². The highest BCUT2D eigenvalue weighted by Crippen LogP contribution is 2.07. The van der Waals surface area contributed by atoms with Gasteiger partial charge in [-0.3, -0.25) is 9.59 Å². The summed E-state index contributed by atoms with van der Waals surface area (Å²) in [6, 6.07) is 0. The third kappa shape index (κ3) is 5.63. The van der Waals surface area contributed by atoms with Crippen molar-refractivity contribution in [1.82, 2.24) is 0 Å². The first-order valence-electron chi connectivity index (χ1n) is 4.21. The number of rotatable bonds is 7. The Morgan fingerprint density at radius 2 is 1.67 bits per heavy atom. The number of hydrogen-bond donors (Lipinski definition) is 3. The van der Waals surface area contributed by atoms with Crippen LogP contribution in [-0.2, 0) is 19.1 Å². The second kappa shape index (κ2) is 6.77. The Morgan fingerprint density at radius 1 is 1.13 bits per heavy atom. The summed E-state index contributed by atoms with van der Waals surface area (Å²) in [5.74, 6) is -5.15. The Bertz CT molecular complexity index is 233. The van der Waals surface area contributed by atoms with Crippen molar-refractivity contribution in [2.75, 3.05) is 13.2 Å². The molecule has 0 radical (unpaired) electrons. The van der Waals surface area contributed by atoms with Gasteiger partial charge >= 0.3 is 17.9 Å². The summed E-state index contributed by atoms with van der Waals surface area (Å²) in [5.41, 5.74) is 0. The van der Waals surface area contributed by atoms with Gasteiger partial charge in [-0.05, 0) is 12.8 Å². The minimum absolute atomic E-state index is 0.101. The summed E-state index contributed by atoms with van der Waals surface area (Å²) in [6.07, 6.45) is -0.00161. The Hall–Kier alpha value is -1.63. The molecular formula is C8H12O7. The third-order valence-electron chi connectivity index (χ3n) is 1.63. The van der Waals surface area contributed by atoms with Crippen LogP contribution in [0.2, 0.25) is 0 Å². The second-order valence-electron chi connectivity index (χ2n) is 2.75. The maximum absolute atomic E-state index is 10.4. The van der Waals surface area contributed by atoms with Gasteiger partial charge in [0.25, 0.3) is 0 Å². The van der Waals surface area contributed by atoms with Gasteiger partial charge in [0.15, 0.2) is 5.92 Å². The van der Waals surface area contributed by atoms with E-state index in [-0.39, 0.29) is 19.4 Å². The summed E-state index contributed by atoms with van der Waals surface area (Å²) in [5, 5.41) is 25.2. The zero-order valence-corrected chi connectivity index (χ0v) is 7.88. The average Bonchev–Trinajstić information content (AvgIpc) is 2.15. The number of carboxylic acid groups (broad SMARTS) is 2. The monoisotopic (exact) mass is 220 g/mol. The van der Waals surface area contributed by atoms with E-state index in [4.69, 9.17) is 15.3 Å². The van der Waals surface area contributed by atoms with E-state index in [0.717, 1.165) is 0 Å². The molecule has 0 amide bonds. The standard InChI is InChI=1S/C8H12O7/c9-4-6(10)15-3-1-2-5(7(11)12)8(13)14/h5,9H,1-4H2,(H,11,12)(H,13,14). The number of ether oxygens (including phenoxy) is 1. The number of carbonyl (C=O) groups is 3. The highest BCUT2D eigenvalue weighted by molar-refractivity contribution is 5.92. The van der Waals surface area contributed by atoms with Gasteiger partial charge in [0.05, 0.1) is 6.61 Å². The highest BCUT2D eigenvalue weighted by atomic mass is 16.5. The summed E-state index contributed by atoms with van der Waals surface area (Å²) in [7, 11) is 0. The van der Waals surface area contributed by atoms with Crippen molar-refractivity contribution in [3.05, 3.63) is 0 Å². The van der Waals surface area contributed by atoms with E-state index >= 15 is 0 Å². The molecule has 0 aliphatic heterocycles. The molecule has 0 heterocycles. The molecule has 86 valence electrons. The Balaban J connectivity index is 3.77. The summed E-state index contributed by atoms with van der Waals surface area (Å²) >= 11 is 0. The number of aliphatic carboxylic acids is 2. The number of carbonyl (C=O) groups excluding carboxylic acids is 1. The number of carboxylic acids is 2. The predicted octanol–water partition coefficient (Wildman–Crippen LogP) is -0.912. The molecule has 3 N–H and O–H groups in total. The zero-order chi connectivity index (χ0) is 11.8. The van der Waals surface area contributed by atoms with Crippen LogP contribution < -0.4 is 0 Å². The van der Waals surface area contributed by atoms with Crippen molar-refractivity contribution in [3.8, 4) is 0 Å². The van der Waals surface area contributed by atoms with E-state index in [1.165, 1.54) is 0 Å². The molecule has 0 bridgehead atoms. The molecule has 0 aromatic rings. The Labute approximate surface area is 85.3 Å². The molecule has 0 unspecified atom stereocenters. The van der Waals surface area contributed by atoms with Crippen LogP contribution in [0.15, 0.2) is 0 Å². The number of aliphatic hydroxyl groups excluding tert-OH is 1. The van der Waals surface area contributed by atoms with Crippen LogP contribution in [-0.4, -0.2) is 46.4 Å². The molecule has 15 heavy (non-hydrogen) atoms. The highest BCUT2D eigenvalue weighted by Gasteiger charge is 2.24. The molecule has 0 atom stereocenters. The molecule has 0 saturated heterocycles. The van der Waals surface area contributed by atoms with E-state index in [0.29, 0.717) is 0 Å². The molecule has 0 spiro atoms. The van der Waals surface area contributed by atoms with Gasteiger partial charge in [0, 0.05) is 0 Å². The molecule has 0 aromatic carbocycles. The van der Waals surface area contributed by atoms with Crippen LogP contribution in [0.4, 0.5) is 0 Å². The summed E-state index contributed by atoms with van der Waals surface area (Å²) in [4.78, 5) is 31.2. The van der Waals surface area contributed by atoms with E-state index in [9.17, 15) is 14.4 Å². The minimum atomic E-state index is -1.49. The first-order chi connectivity index (χ1) is 6.99. The number of esters is 1. The molecule has 0 aromatic heterocycles. The van der Waals surface area contributed by atoms with Crippen LogP contribution in [0.25, 0.3) is 0 Å². The van der Waals surface area contributed by atoms with Gasteiger partial charge in [-0.25, -0.2) is 4.79 Å². The maximum Gasteiger partial charge on any atom is 0.331 e. The van der Waals surface area contributed by atoms with E-state index in [2.05, 4.69) is 4.74 Å². The smallest absolute Gasteiger partial charge is 0.331 e. The van der Waals surface area contributed by atoms with Crippen LogP contribution >= 0.6 is 0 Å². The molecule has 0 saturated carbocycles. The molecule has 0 aliphatic carbocycles. The fourth-order valence-corrected chi connectivity index (χ4v) is 0.872. The van der Waals surface area contributed by atoms with Crippen molar-refractivity contribution in [3.63, 3.8) is 0 Å². The predicted molar refractivity (Wildman–Crippen MR) is 46.0 cm³/mol. The van der Waals surface area contributed by atoms with Crippen LogP contribution in [0.1, 0.15) is 12.8 Å². The Kier molecular flexibility index (Phi) is 6.03. The van der Waals surface area contributed by atoms with Crippen LogP contribution in [0.5, 0.6) is 0 Å². The van der Waals surface area contributed by atoms with Crippen molar-refractivity contribution in [2.24, 2.45) is 5.92 Å². The molecule has 7 heteroatoms. The van der Waals surface area contributed by atoms with Gasteiger partial charge in [-0.2, -0.15) is 0 Å². The van der Waals surface area contributed by atoms with Gasteiger partial charge in [0.1, 0.15) is 6.61 Å². The lowest BCUT2D eigenvalue weighted by Gasteiger charge is -2.06. The normalized spacial score (nSPS) is 10.0. The second-order valence-corrected chi connectivity index (χ2v) is 2.75. The van der Waals surface area contributed by atoms with Crippen molar-refractivity contribution in [1.29, 1.82) is 0 Å². The Morgan fingerprint density at radius 3 is 2.07 bits per heavy atom. The van der Waals surface area contributed by atoms with Gasteiger partial charge < -0.3 is 20.1 Å². The molecule has 0 rings (SSSR count). The quantitative estimate of drug-likeness (QED) is 0.288. The summed E-state index contributed by atoms with van der Waals surface area (Å²) < 4.78 is 4.43. The molecular weight excluding hydrogens is 208 g/mol. The van der Waals surface area contributed by atoms with E-state index in [1.807, 2.05) is 0 Å². The first-order valence-corrected chi connectivity index (χ1v) is 4.21. The molecule has 0 fully saturated rings. The number of hydrogen-bond acceptors (Lipinski definition) is 5. The van der Waals surface area contributed by atoms with E-state index < -0.39 is 30.4 Å². The lowest BCUT2D eigenvalue weighted by Crippen LogP contribution is -2.23. The number of aliphatic hydroxyl groups is 1. The van der Waals surface area contributed by atoms with Crippen LogP contribution in [0.3, 0.4) is 0 Å². The third-order valence-corrected chi connectivity index (χ3v) is 1.63. The lowest BCUT2D eigenvalue weighted by molar-refractivity contribution is -0.154. The molecule has 7 nitrogen and oxygen atoms in total. The average molecular weight is 220 g/mol. The fourth-order valence-electron chi connectivity index (χ4n) is 0.872. The van der Waals surface area contributed by atoms with E-state index in [1.54, 1.807) is 0 Å². The van der Waals surface area contributed by atoms with Crippen molar-refractivity contribution < 1.29 is 34.4 Å². The fraction of sp³-hybridized carbons (Fsp3) is 0.625. The minimum Gasteiger partial charge on any atom is -0.481 e. The summed E-state index contributed by atoms with van der Waals surface area (Å²) in [6.45, 7) is -0.849. The zero-order valence-electron chi connectivity index (χ0n) is 7.88. The molecule has 0 aliphatic rings. The maximum atomic E-state index is 10.4. The van der Waals surface area contributed by atoms with Crippen molar-refractivity contribution >= 4 is 17.9 Å². The van der Waals surface area contributed by atoms with Gasteiger partial charge in [-0.15, -0.1) is 0 Å². The van der Waals surface area contributed by atoms with Gasteiger partial charge in [-0.1, -0.05) is 0 Å².